The van der Waals surface area contributed by atoms with E-state index in [4.69, 9.17) is 4.74 Å². The summed E-state index contributed by atoms with van der Waals surface area (Å²) in [5.74, 6) is 0.814. The molecule has 1 atom stereocenters. The summed E-state index contributed by atoms with van der Waals surface area (Å²) in [5, 5.41) is 6.32. The molecule has 4 heteroatoms. The highest BCUT2D eigenvalue weighted by Crippen LogP contribution is 2.27. The zero-order chi connectivity index (χ0) is 16.8. The first-order valence-corrected chi connectivity index (χ1v) is 8.51. The average Bonchev–Trinajstić information content (AvgIpc) is 2.63. The highest BCUT2D eigenvalue weighted by atomic mass is 16.5. The summed E-state index contributed by atoms with van der Waals surface area (Å²) in [6, 6.07) is 15.9. The fourth-order valence-corrected chi connectivity index (χ4v) is 2.90. The Morgan fingerprint density at radius 3 is 2.83 bits per heavy atom. The number of piperidine rings is 1. The van der Waals surface area contributed by atoms with Crippen molar-refractivity contribution in [3.8, 4) is 5.75 Å². The number of anilines is 1. The molecule has 0 radical (unpaired) electrons. The van der Waals surface area contributed by atoms with Gasteiger partial charge in [0.05, 0.1) is 11.6 Å². The van der Waals surface area contributed by atoms with Crippen LogP contribution in [0.3, 0.4) is 0 Å². The molecule has 2 aromatic carbocycles. The molecule has 1 saturated heterocycles. The Kier molecular flexibility index (Phi) is 5.49. The fraction of sp³-hybridized carbons (Fsp3) is 0.350. The van der Waals surface area contributed by atoms with Crippen LogP contribution in [0.15, 0.2) is 48.5 Å². The lowest BCUT2D eigenvalue weighted by molar-refractivity contribution is -0.120. The highest BCUT2D eigenvalue weighted by Gasteiger charge is 2.21. The number of nitrogens with one attached hydrogen (secondary N) is 2. The quantitative estimate of drug-likeness (QED) is 0.885. The minimum Gasteiger partial charge on any atom is -0.487 e. The molecule has 24 heavy (non-hydrogen) atoms. The Morgan fingerprint density at radius 2 is 2.08 bits per heavy atom. The fourth-order valence-electron chi connectivity index (χ4n) is 2.90. The zero-order valence-electron chi connectivity index (χ0n) is 14.0. The average molecular weight is 324 g/mol. The van der Waals surface area contributed by atoms with E-state index in [0.717, 1.165) is 48.5 Å². The van der Waals surface area contributed by atoms with Gasteiger partial charge in [0.25, 0.3) is 0 Å². The largest absolute Gasteiger partial charge is 0.487 e. The Morgan fingerprint density at radius 1 is 1.25 bits per heavy atom. The lowest BCUT2D eigenvalue weighted by atomic mass is 9.98. The van der Waals surface area contributed by atoms with Crippen LogP contribution in [-0.2, 0) is 11.4 Å². The molecule has 3 rings (SSSR count). The van der Waals surface area contributed by atoms with Gasteiger partial charge in [-0.1, -0.05) is 36.4 Å². The van der Waals surface area contributed by atoms with Crippen LogP contribution < -0.4 is 15.4 Å². The third-order valence-corrected chi connectivity index (χ3v) is 4.30. The van der Waals surface area contributed by atoms with Crippen molar-refractivity contribution in [2.75, 3.05) is 18.4 Å². The van der Waals surface area contributed by atoms with Gasteiger partial charge in [0.15, 0.2) is 0 Å². The van der Waals surface area contributed by atoms with E-state index in [1.807, 2.05) is 55.5 Å². The van der Waals surface area contributed by atoms with E-state index in [1.165, 1.54) is 0 Å². The molecule has 0 bridgehead atoms. The lowest BCUT2D eigenvalue weighted by Crippen LogP contribution is -2.37. The molecule has 2 aromatic rings. The number of benzene rings is 2. The molecule has 0 aromatic heterocycles. The third kappa shape index (κ3) is 4.36. The van der Waals surface area contributed by atoms with Crippen LogP contribution in [0.1, 0.15) is 24.0 Å². The maximum atomic E-state index is 12.5. The summed E-state index contributed by atoms with van der Waals surface area (Å²) in [7, 11) is 0. The van der Waals surface area contributed by atoms with Crippen LogP contribution in [0, 0.1) is 12.8 Å². The maximum Gasteiger partial charge on any atom is 0.228 e. The van der Waals surface area contributed by atoms with Crippen LogP contribution in [-0.4, -0.2) is 19.0 Å². The predicted octanol–water partition coefficient (Wildman–Crippen LogP) is 3.51. The van der Waals surface area contributed by atoms with Gasteiger partial charge in [0.2, 0.25) is 5.91 Å². The topological polar surface area (TPSA) is 50.4 Å². The van der Waals surface area contributed by atoms with Crippen LogP contribution in [0.2, 0.25) is 0 Å². The van der Waals surface area contributed by atoms with Crippen molar-refractivity contribution in [1.29, 1.82) is 0 Å². The van der Waals surface area contributed by atoms with Crippen molar-refractivity contribution >= 4 is 11.6 Å². The van der Waals surface area contributed by atoms with Crippen molar-refractivity contribution in [2.24, 2.45) is 5.92 Å². The van der Waals surface area contributed by atoms with E-state index in [0.29, 0.717) is 6.61 Å². The SMILES string of the molecule is Cc1ccc(NC(=O)C2CCCNC2)c(OCc2ccccc2)c1. The molecule has 0 saturated carbocycles. The molecular formula is C20H24N2O2. The van der Waals surface area contributed by atoms with Crippen molar-refractivity contribution in [1.82, 2.24) is 5.32 Å². The number of hydrogen-bond donors (Lipinski definition) is 2. The minimum atomic E-state index is 0.0297. The maximum absolute atomic E-state index is 12.5. The van der Waals surface area contributed by atoms with Crippen LogP contribution in [0.4, 0.5) is 5.69 Å². The Balaban J connectivity index is 1.69. The summed E-state index contributed by atoms with van der Waals surface area (Å²) in [6.07, 6.45) is 1.98. The summed E-state index contributed by atoms with van der Waals surface area (Å²) in [4.78, 5) is 12.5. The van der Waals surface area contributed by atoms with Gasteiger partial charge < -0.3 is 15.4 Å². The van der Waals surface area contributed by atoms with Crippen molar-refractivity contribution < 1.29 is 9.53 Å². The molecule has 1 amide bonds. The first-order valence-electron chi connectivity index (χ1n) is 8.51. The first-order chi connectivity index (χ1) is 11.7. The smallest absolute Gasteiger partial charge is 0.228 e. The summed E-state index contributed by atoms with van der Waals surface area (Å²) < 4.78 is 5.96. The van der Waals surface area contributed by atoms with Gasteiger partial charge in [-0.05, 0) is 49.6 Å². The molecule has 0 aliphatic carbocycles. The normalized spacial score (nSPS) is 17.3. The van der Waals surface area contributed by atoms with Crippen LogP contribution in [0.5, 0.6) is 5.75 Å². The number of hydrogen-bond acceptors (Lipinski definition) is 3. The van der Waals surface area contributed by atoms with E-state index in [9.17, 15) is 4.79 Å². The number of carbonyl (C=O) groups is 1. The van der Waals surface area contributed by atoms with E-state index in [-0.39, 0.29) is 11.8 Å². The molecule has 0 spiro atoms. The molecule has 1 unspecified atom stereocenters. The van der Waals surface area contributed by atoms with Crippen molar-refractivity contribution in [2.45, 2.75) is 26.4 Å². The van der Waals surface area contributed by atoms with Gasteiger partial charge in [0.1, 0.15) is 12.4 Å². The van der Waals surface area contributed by atoms with Gasteiger partial charge in [-0.3, -0.25) is 4.79 Å². The molecule has 2 N–H and O–H groups in total. The lowest BCUT2D eigenvalue weighted by Gasteiger charge is -2.22. The van der Waals surface area contributed by atoms with Crippen LogP contribution >= 0.6 is 0 Å². The third-order valence-electron chi connectivity index (χ3n) is 4.30. The van der Waals surface area contributed by atoms with Gasteiger partial charge >= 0.3 is 0 Å². The number of amides is 1. The standard InChI is InChI=1S/C20H24N2O2/c1-15-9-10-18(22-20(23)17-8-5-11-21-13-17)19(12-15)24-14-16-6-3-2-4-7-16/h2-4,6-7,9-10,12,17,21H,5,8,11,13-14H2,1H3,(H,22,23). The summed E-state index contributed by atoms with van der Waals surface area (Å²) in [6.45, 7) is 4.25. The van der Waals surface area contributed by atoms with E-state index in [1.54, 1.807) is 0 Å². The second kappa shape index (κ2) is 7.97. The second-order valence-electron chi connectivity index (χ2n) is 6.31. The van der Waals surface area contributed by atoms with E-state index < -0.39 is 0 Å². The molecule has 4 nitrogen and oxygen atoms in total. The Bertz CT molecular complexity index is 679. The first kappa shape index (κ1) is 16.5. The molecule has 1 aliphatic rings. The van der Waals surface area contributed by atoms with Crippen molar-refractivity contribution in [3.63, 3.8) is 0 Å². The highest BCUT2D eigenvalue weighted by molar-refractivity contribution is 5.94. The second-order valence-corrected chi connectivity index (χ2v) is 6.31. The molecular weight excluding hydrogens is 300 g/mol. The van der Waals surface area contributed by atoms with Gasteiger partial charge in [-0.25, -0.2) is 0 Å². The summed E-state index contributed by atoms with van der Waals surface area (Å²) in [5.41, 5.74) is 2.95. The minimum absolute atomic E-state index is 0.0297. The van der Waals surface area contributed by atoms with Gasteiger partial charge in [-0.2, -0.15) is 0 Å². The number of carbonyl (C=O) groups excluding carboxylic acids is 1. The Labute approximate surface area is 143 Å². The summed E-state index contributed by atoms with van der Waals surface area (Å²) >= 11 is 0. The zero-order valence-corrected chi connectivity index (χ0v) is 14.0. The molecule has 1 heterocycles. The number of rotatable bonds is 5. The van der Waals surface area contributed by atoms with Gasteiger partial charge in [-0.15, -0.1) is 0 Å². The van der Waals surface area contributed by atoms with Crippen LogP contribution in [0.25, 0.3) is 0 Å². The molecule has 1 aliphatic heterocycles. The number of aryl methyl sites for hydroxylation is 1. The monoisotopic (exact) mass is 324 g/mol. The predicted molar refractivity (Wildman–Crippen MR) is 96.2 cm³/mol. The van der Waals surface area contributed by atoms with Gasteiger partial charge in [0, 0.05) is 6.54 Å². The molecule has 1 fully saturated rings. The molecule has 126 valence electrons. The number of ether oxygens (including phenoxy) is 1. The van der Waals surface area contributed by atoms with E-state index in [2.05, 4.69) is 10.6 Å². The van der Waals surface area contributed by atoms with Crippen molar-refractivity contribution in [3.05, 3.63) is 59.7 Å². The Hall–Kier alpha value is -2.33. The van der Waals surface area contributed by atoms with E-state index >= 15 is 0 Å².